The maximum absolute atomic E-state index is 14.1. The number of aromatic nitrogens is 2. The first kappa shape index (κ1) is 50.6. The first-order chi connectivity index (χ1) is 32.3. The van der Waals surface area contributed by atoms with Gasteiger partial charge in [-0.2, -0.15) is 0 Å². The summed E-state index contributed by atoms with van der Waals surface area (Å²) in [4.78, 5) is 38.9. The molecule has 20 heteroatoms. The molecule has 2 aromatic heterocycles. The number of fused-ring (bicyclic) bond motifs is 4. The second-order valence-corrected chi connectivity index (χ2v) is 27.8. The van der Waals surface area contributed by atoms with Crippen molar-refractivity contribution in [3.63, 3.8) is 0 Å². The van der Waals surface area contributed by atoms with E-state index in [0.717, 1.165) is 21.1 Å². The number of hydrogen-bond acceptors (Lipinski definition) is 11. The van der Waals surface area contributed by atoms with Crippen molar-refractivity contribution >= 4 is 73.4 Å². The highest BCUT2D eigenvalue weighted by Crippen LogP contribution is 2.53. The molecule has 69 heavy (non-hydrogen) atoms. The van der Waals surface area contributed by atoms with Crippen molar-refractivity contribution in [3.8, 4) is 11.5 Å². The summed E-state index contributed by atoms with van der Waals surface area (Å²) >= 11 is 0. The number of carbonyl (C=O) groups is 2. The molecule has 0 saturated heterocycles. The molecule has 2 N–H and O–H groups in total. The number of rotatable bonds is 13. The minimum atomic E-state index is -3.80. The Kier molecular flexibility index (Phi) is 13.9. The van der Waals surface area contributed by atoms with Crippen LogP contribution in [0.4, 0.5) is 20.2 Å². The third kappa shape index (κ3) is 9.21. The largest absolute Gasteiger partial charge is 0.541 e. The van der Waals surface area contributed by atoms with Crippen molar-refractivity contribution in [2.75, 3.05) is 35.2 Å². The topological polar surface area (TPSA) is 191 Å². The summed E-state index contributed by atoms with van der Waals surface area (Å²) in [5.74, 6) is -1.56. The van der Waals surface area contributed by atoms with E-state index < -0.39 is 52.2 Å². The molecule has 8 rings (SSSR count). The van der Waals surface area contributed by atoms with Crippen molar-refractivity contribution in [1.82, 2.24) is 19.8 Å². The van der Waals surface area contributed by atoms with Crippen LogP contribution in [0, 0.1) is 11.6 Å². The second kappa shape index (κ2) is 18.9. The van der Waals surface area contributed by atoms with E-state index in [1.54, 1.807) is 54.7 Å². The van der Waals surface area contributed by atoms with Gasteiger partial charge in [0.15, 0.2) is 6.23 Å². The van der Waals surface area contributed by atoms with Crippen LogP contribution in [0.15, 0.2) is 85.2 Å². The predicted molar refractivity (Wildman–Crippen MR) is 265 cm³/mol. The van der Waals surface area contributed by atoms with Gasteiger partial charge in [-0.1, -0.05) is 65.8 Å². The van der Waals surface area contributed by atoms with Crippen LogP contribution in [0.5, 0.6) is 11.5 Å². The molecule has 1 atom stereocenters. The Morgan fingerprint density at radius 2 is 1.16 bits per heavy atom. The predicted octanol–water partition coefficient (Wildman–Crippen LogP) is 8.60. The molecular formula is C49H56F2N6O9S2Si. The SMILES string of the molecule is CC(C)[Si](Oc1c2c(c(N(C)S(C)(=O)=O)c3cccnc13)C(=O)N(Cc1ccc(F)cc1)C2O)(C(C)C)C(C)C.CN(c1c2c(c(O)c3ncccc13)CN(Cc1ccc(F)cc1)C2=O)S(C)(=O)=O. The molecule has 1 unspecified atom stereocenters. The highest BCUT2D eigenvalue weighted by molar-refractivity contribution is 7.92. The number of aliphatic hydroxyl groups excluding tert-OH is 1. The van der Waals surface area contributed by atoms with Gasteiger partial charge in [0.05, 0.1) is 47.1 Å². The number of sulfonamides is 2. The zero-order chi connectivity index (χ0) is 50.7. The van der Waals surface area contributed by atoms with Gasteiger partial charge in [-0.15, -0.1) is 0 Å². The lowest BCUT2D eigenvalue weighted by Crippen LogP contribution is -2.51. The summed E-state index contributed by atoms with van der Waals surface area (Å²) in [6.07, 6.45) is 3.76. The highest BCUT2D eigenvalue weighted by atomic mass is 32.2. The average Bonchev–Trinajstić information content (AvgIpc) is 3.73. The fourth-order valence-electron chi connectivity index (χ4n) is 9.79. The van der Waals surface area contributed by atoms with E-state index in [0.29, 0.717) is 38.7 Å². The van der Waals surface area contributed by atoms with Gasteiger partial charge in [-0.25, -0.2) is 25.6 Å². The monoisotopic (exact) mass is 1000 g/mol. The van der Waals surface area contributed by atoms with Gasteiger partial charge in [-0.3, -0.25) is 28.2 Å². The molecule has 0 fully saturated rings. The number of carbonyl (C=O) groups excluding carboxylic acids is 2. The Bertz CT molecular complexity index is 3190. The molecule has 15 nitrogen and oxygen atoms in total. The standard InChI is InChI=1S/C29H38FN3O5SSi.C20H18FN3O4S/c1-17(2)40(18(3)4,19(5)6)38-27-24-23(26(32(7)39(8,36)37)22-10-9-15-31-25(22)27)28(34)33(29(24)35)16-20-11-13-21(30)14-12-20;1-23(29(2,27)28)18-14-4-3-9-22-17(14)19(25)15-11-24(20(26)16(15)18)10-12-5-7-13(21)8-6-12/h9-15,17-19,29,35H,16H2,1-8H3;3-9,25H,10-11H2,1-2H3. The van der Waals surface area contributed by atoms with Crippen LogP contribution in [0.25, 0.3) is 21.8 Å². The fourth-order valence-corrected chi connectivity index (χ4v) is 16.1. The molecule has 2 aliphatic rings. The quantitative estimate of drug-likeness (QED) is 0.105. The zero-order valence-corrected chi connectivity index (χ0v) is 42.7. The van der Waals surface area contributed by atoms with Gasteiger partial charge < -0.3 is 24.4 Å². The van der Waals surface area contributed by atoms with E-state index in [1.165, 1.54) is 54.4 Å². The van der Waals surface area contributed by atoms with Gasteiger partial charge in [-0.05, 0) is 76.3 Å². The lowest BCUT2D eigenvalue weighted by molar-refractivity contribution is 0.0132. The number of aromatic hydroxyl groups is 1. The maximum atomic E-state index is 14.1. The fraction of sp³-hybridized carbons (Fsp3) is 0.347. The first-order valence-corrected chi connectivity index (χ1v) is 28.1. The molecule has 4 heterocycles. The normalized spacial score (nSPS) is 15.0. The summed E-state index contributed by atoms with van der Waals surface area (Å²) in [5, 5.41) is 23.3. The number of halogens is 2. The van der Waals surface area contributed by atoms with Gasteiger partial charge >= 0.3 is 0 Å². The number of phenols is 1. The summed E-state index contributed by atoms with van der Waals surface area (Å²) < 4.78 is 86.1. The van der Waals surface area contributed by atoms with E-state index in [-0.39, 0.29) is 81.4 Å². The molecule has 366 valence electrons. The lowest BCUT2D eigenvalue weighted by atomic mass is 10.0. The first-order valence-electron chi connectivity index (χ1n) is 22.2. The minimum Gasteiger partial charge on any atom is -0.541 e. The second-order valence-electron chi connectivity index (χ2n) is 18.4. The van der Waals surface area contributed by atoms with Gasteiger partial charge in [0, 0.05) is 55.9 Å². The van der Waals surface area contributed by atoms with Gasteiger partial charge in [0.1, 0.15) is 34.2 Å². The Balaban J connectivity index is 0.000000214. The Morgan fingerprint density at radius 1 is 0.710 bits per heavy atom. The number of pyridine rings is 2. The molecule has 0 saturated carbocycles. The number of nitrogens with zero attached hydrogens (tertiary/aromatic N) is 6. The van der Waals surface area contributed by atoms with E-state index in [4.69, 9.17) is 4.43 Å². The number of phenolic OH excluding ortho intramolecular Hbond substituents is 1. The lowest BCUT2D eigenvalue weighted by Gasteiger charge is -2.43. The third-order valence-electron chi connectivity index (χ3n) is 13.2. The number of anilines is 2. The summed E-state index contributed by atoms with van der Waals surface area (Å²) in [6.45, 7) is 13.1. The molecule has 2 amide bonds. The number of benzene rings is 4. The summed E-state index contributed by atoms with van der Waals surface area (Å²) in [7, 11) is -7.34. The van der Waals surface area contributed by atoms with E-state index >= 15 is 0 Å². The van der Waals surface area contributed by atoms with Crippen LogP contribution in [-0.4, -0.2) is 93.6 Å². The third-order valence-corrected chi connectivity index (χ3v) is 21.5. The van der Waals surface area contributed by atoms with E-state index in [9.17, 15) is 45.4 Å². The van der Waals surface area contributed by atoms with E-state index in [2.05, 4.69) is 51.5 Å². The minimum absolute atomic E-state index is 0.0126. The summed E-state index contributed by atoms with van der Waals surface area (Å²) in [6, 6.07) is 18.1. The molecule has 0 radical (unpaired) electrons. The van der Waals surface area contributed by atoms with Crippen molar-refractivity contribution in [3.05, 3.63) is 130 Å². The van der Waals surface area contributed by atoms with Crippen LogP contribution in [0.1, 0.15) is 90.7 Å². The van der Waals surface area contributed by atoms with Crippen molar-refractivity contribution < 1.29 is 49.8 Å². The van der Waals surface area contributed by atoms with Crippen LogP contribution in [0.2, 0.25) is 16.6 Å². The molecule has 0 aliphatic carbocycles. The van der Waals surface area contributed by atoms with Gasteiger partial charge in [0.25, 0.3) is 20.1 Å². The smallest absolute Gasteiger partial charge is 0.259 e. The Labute approximate surface area is 402 Å². The zero-order valence-electron chi connectivity index (χ0n) is 40.0. The maximum Gasteiger partial charge on any atom is 0.259 e. The molecule has 0 spiro atoms. The molecular weight excluding hydrogens is 947 g/mol. The van der Waals surface area contributed by atoms with Crippen LogP contribution < -0.4 is 13.0 Å². The highest BCUT2D eigenvalue weighted by Gasteiger charge is 2.50. The van der Waals surface area contributed by atoms with Crippen molar-refractivity contribution in [2.24, 2.45) is 0 Å². The average molecular weight is 1000 g/mol. The molecule has 0 bridgehead atoms. The number of hydrogen-bond donors (Lipinski definition) is 2. The number of amides is 2. The summed E-state index contributed by atoms with van der Waals surface area (Å²) in [5.41, 5.74) is 3.58. The van der Waals surface area contributed by atoms with Crippen molar-refractivity contribution in [2.45, 2.75) is 84.0 Å². The number of aliphatic hydroxyl groups is 1. The van der Waals surface area contributed by atoms with Gasteiger partial charge in [0.2, 0.25) is 20.0 Å². The van der Waals surface area contributed by atoms with Crippen molar-refractivity contribution in [1.29, 1.82) is 0 Å². The molecule has 4 aromatic carbocycles. The van der Waals surface area contributed by atoms with Crippen LogP contribution >= 0.6 is 0 Å². The Morgan fingerprint density at radius 3 is 1.64 bits per heavy atom. The van der Waals surface area contributed by atoms with Crippen LogP contribution in [-0.2, 0) is 39.7 Å². The Hall–Kier alpha value is -6.22. The van der Waals surface area contributed by atoms with Crippen LogP contribution in [0.3, 0.4) is 0 Å². The van der Waals surface area contributed by atoms with E-state index in [1.807, 2.05) is 0 Å². The molecule has 2 aliphatic heterocycles. The molecule has 6 aromatic rings.